The van der Waals surface area contributed by atoms with Crippen LogP contribution in [0.25, 0.3) is 5.65 Å². The summed E-state index contributed by atoms with van der Waals surface area (Å²) >= 11 is 3.57. The molecule has 3 aromatic rings. The second-order valence-corrected chi connectivity index (χ2v) is 8.26. The third kappa shape index (κ3) is 4.89. The molecule has 0 unspecified atom stereocenters. The van der Waals surface area contributed by atoms with Gasteiger partial charge in [0.1, 0.15) is 5.82 Å². The zero-order chi connectivity index (χ0) is 19.2. The molecule has 6 nitrogen and oxygen atoms in total. The molecule has 0 radical (unpaired) electrons. The number of unbranched alkanes of at least 4 members (excludes halogenated alkanes) is 1. The van der Waals surface area contributed by atoms with Crippen molar-refractivity contribution in [3.63, 3.8) is 0 Å². The molecule has 0 spiro atoms. The van der Waals surface area contributed by atoms with Crippen LogP contribution in [0.1, 0.15) is 36.9 Å². The van der Waals surface area contributed by atoms with Crippen LogP contribution in [0.3, 0.4) is 0 Å². The summed E-state index contributed by atoms with van der Waals surface area (Å²) < 4.78 is 2.85. The van der Waals surface area contributed by atoms with E-state index in [4.69, 9.17) is 4.98 Å². The topological polar surface area (TPSA) is 58.4 Å². The number of likely N-dealkylation sites (tertiary alicyclic amines) is 1. The van der Waals surface area contributed by atoms with Gasteiger partial charge in [0.15, 0.2) is 5.65 Å². The van der Waals surface area contributed by atoms with Crippen molar-refractivity contribution >= 4 is 27.4 Å². The Hall–Kier alpha value is -1.99. The number of halogens is 1. The van der Waals surface area contributed by atoms with Crippen LogP contribution in [0.2, 0.25) is 0 Å². The predicted octanol–water partition coefficient (Wildman–Crippen LogP) is 3.96. The van der Waals surface area contributed by atoms with Gasteiger partial charge in [-0.05, 0) is 85.7 Å². The molecule has 4 rings (SSSR count). The zero-order valence-electron chi connectivity index (χ0n) is 16.1. The summed E-state index contributed by atoms with van der Waals surface area (Å²) in [4.78, 5) is 11.5. The highest BCUT2D eigenvalue weighted by Gasteiger charge is 2.12. The van der Waals surface area contributed by atoms with Crippen molar-refractivity contribution in [2.75, 3.05) is 31.5 Å². The quantitative estimate of drug-likeness (QED) is 0.508. The number of aryl methyl sites for hydroxylation is 2. The normalized spacial score (nSPS) is 14.8. The van der Waals surface area contributed by atoms with Crippen molar-refractivity contribution in [2.45, 2.75) is 38.5 Å². The summed E-state index contributed by atoms with van der Waals surface area (Å²) in [6.45, 7) is 4.73. The molecule has 7 heteroatoms. The molecule has 0 bridgehead atoms. The van der Waals surface area contributed by atoms with Crippen LogP contribution < -0.4 is 5.32 Å². The average Bonchev–Trinajstić information content (AvgIpc) is 3.37. The van der Waals surface area contributed by atoms with Crippen LogP contribution in [0.15, 0.2) is 41.3 Å². The molecule has 28 heavy (non-hydrogen) atoms. The Morgan fingerprint density at radius 2 is 2.00 bits per heavy atom. The molecule has 3 aromatic heterocycles. The fourth-order valence-electron chi connectivity index (χ4n) is 3.77. The molecular formula is C21H27BrN6. The highest BCUT2D eigenvalue weighted by molar-refractivity contribution is 9.10. The van der Waals surface area contributed by atoms with E-state index in [0.717, 1.165) is 47.4 Å². The number of pyridine rings is 1. The minimum Gasteiger partial charge on any atom is -0.370 e. The standard InChI is InChI=1S/C21H27BrN6/c22-19-16-25-28-18(8-7-17-6-5-9-23-15-17)14-20(26-21(19)28)24-10-1-2-11-27-12-3-4-13-27/h5-6,9,14-16H,1-4,7-8,10-13H2,(H,24,26). The fraction of sp³-hybridized carbons (Fsp3) is 0.476. The van der Waals surface area contributed by atoms with Crippen LogP contribution in [0.5, 0.6) is 0 Å². The lowest BCUT2D eigenvalue weighted by molar-refractivity contribution is 0.331. The summed E-state index contributed by atoms with van der Waals surface area (Å²) in [5, 5.41) is 8.00. The predicted molar refractivity (Wildman–Crippen MR) is 116 cm³/mol. The first kappa shape index (κ1) is 19.3. The smallest absolute Gasteiger partial charge is 0.171 e. The lowest BCUT2D eigenvalue weighted by atomic mass is 10.1. The Morgan fingerprint density at radius 1 is 1.11 bits per heavy atom. The maximum Gasteiger partial charge on any atom is 0.171 e. The number of aromatic nitrogens is 4. The van der Waals surface area contributed by atoms with E-state index in [1.54, 1.807) is 0 Å². The third-order valence-corrected chi connectivity index (χ3v) is 5.86. The van der Waals surface area contributed by atoms with E-state index in [1.165, 1.54) is 44.5 Å². The van der Waals surface area contributed by atoms with E-state index in [-0.39, 0.29) is 0 Å². The van der Waals surface area contributed by atoms with Gasteiger partial charge in [-0.25, -0.2) is 9.50 Å². The summed E-state index contributed by atoms with van der Waals surface area (Å²) in [6, 6.07) is 6.23. The Balaban J connectivity index is 1.37. The Kier molecular flexibility index (Phi) is 6.54. The maximum atomic E-state index is 4.75. The summed E-state index contributed by atoms with van der Waals surface area (Å²) in [5.74, 6) is 0.927. The van der Waals surface area contributed by atoms with Crippen LogP contribution >= 0.6 is 15.9 Å². The van der Waals surface area contributed by atoms with Crippen molar-refractivity contribution in [2.24, 2.45) is 0 Å². The van der Waals surface area contributed by atoms with E-state index in [9.17, 15) is 0 Å². The average molecular weight is 443 g/mol. The molecule has 0 aliphatic carbocycles. The van der Waals surface area contributed by atoms with Gasteiger partial charge in [0.2, 0.25) is 0 Å². The fourth-order valence-corrected chi connectivity index (χ4v) is 4.12. The van der Waals surface area contributed by atoms with E-state index < -0.39 is 0 Å². The number of rotatable bonds is 9. The molecule has 0 saturated carbocycles. The van der Waals surface area contributed by atoms with E-state index >= 15 is 0 Å². The highest BCUT2D eigenvalue weighted by atomic mass is 79.9. The number of fused-ring (bicyclic) bond motifs is 1. The summed E-state index contributed by atoms with van der Waals surface area (Å²) in [7, 11) is 0. The SMILES string of the molecule is Brc1cnn2c(CCc3cccnc3)cc(NCCCCN3CCCC3)nc12. The van der Waals surface area contributed by atoms with Gasteiger partial charge in [-0.2, -0.15) is 5.10 Å². The van der Waals surface area contributed by atoms with Gasteiger partial charge in [0.05, 0.1) is 10.7 Å². The highest BCUT2D eigenvalue weighted by Crippen LogP contribution is 2.21. The van der Waals surface area contributed by atoms with Crippen LogP contribution in [0, 0.1) is 0 Å². The van der Waals surface area contributed by atoms with Gasteiger partial charge < -0.3 is 10.2 Å². The molecule has 1 aliphatic rings. The first-order valence-electron chi connectivity index (χ1n) is 10.2. The lowest BCUT2D eigenvalue weighted by Crippen LogP contribution is -2.21. The second-order valence-electron chi connectivity index (χ2n) is 7.40. The van der Waals surface area contributed by atoms with Gasteiger partial charge >= 0.3 is 0 Å². The number of anilines is 1. The van der Waals surface area contributed by atoms with Crippen LogP contribution in [-0.2, 0) is 12.8 Å². The molecule has 148 valence electrons. The maximum absolute atomic E-state index is 4.75. The molecule has 1 saturated heterocycles. The van der Waals surface area contributed by atoms with Crippen molar-refractivity contribution in [3.8, 4) is 0 Å². The summed E-state index contributed by atoms with van der Waals surface area (Å²) in [5.41, 5.74) is 3.25. The first-order valence-corrected chi connectivity index (χ1v) is 11.0. The van der Waals surface area contributed by atoms with Gasteiger partial charge in [0.25, 0.3) is 0 Å². The molecule has 0 aromatic carbocycles. The molecule has 0 amide bonds. The minimum absolute atomic E-state index is 0.864. The first-order chi connectivity index (χ1) is 13.8. The van der Waals surface area contributed by atoms with Gasteiger partial charge in [-0.15, -0.1) is 0 Å². The number of hydrogen-bond acceptors (Lipinski definition) is 5. The van der Waals surface area contributed by atoms with Gasteiger partial charge in [-0.1, -0.05) is 6.07 Å². The monoisotopic (exact) mass is 442 g/mol. The molecule has 1 N–H and O–H groups in total. The lowest BCUT2D eigenvalue weighted by Gasteiger charge is -2.14. The van der Waals surface area contributed by atoms with Crippen molar-refractivity contribution in [1.82, 2.24) is 24.5 Å². The minimum atomic E-state index is 0.864. The summed E-state index contributed by atoms with van der Waals surface area (Å²) in [6.07, 6.45) is 12.5. The Labute approximate surface area is 174 Å². The Bertz CT molecular complexity index is 889. The molecule has 1 aliphatic heterocycles. The van der Waals surface area contributed by atoms with Crippen LogP contribution in [0.4, 0.5) is 5.82 Å². The van der Waals surface area contributed by atoms with Crippen LogP contribution in [-0.4, -0.2) is 50.7 Å². The Morgan fingerprint density at radius 3 is 2.82 bits per heavy atom. The van der Waals surface area contributed by atoms with Crippen molar-refractivity contribution < 1.29 is 0 Å². The van der Waals surface area contributed by atoms with E-state index in [2.05, 4.69) is 48.4 Å². The van der Waals surface area contributed by atoms with E-state index in [0.29, 0.717) is 0 Å². The van der Waals surface area contributed by atoms with Crippen molar-refractivity contribution in [1.29, 1.82) is 0 Å². The molecular weight excluding hydrogens is 416 g/mol. The van der Waals surface area contributed by atoms with Gasteiger partial charge in [-0.3, -0.25) is 4.98 Å². The van der Waals surface area contributed by atoms with E-state index in [1.807, 2.05) is 29.2 Å². The second kappa shape index (κ2) is 9.47. The molecule has 4 heterocycles. The number of hydrogen-bond donors (Lipinski definition) is 1. The van der Waals surface area contributed by atoms with Gasteiger partial charge in [0, 0.05) is 30.7 Å². The largest absolute Gasteiger partial charge is 0.370 e. The zero-order valence-corrected chi connectivity index (χ0v) is 17.7. The third-order valence-electron chi connectivity index (χ3n) is 5.30. The molecule has 0 atom stereocenters. The number of nitrogens with one attached hydrogen (secondary N) is 1. The van der Waals surface area contributed by atoms with Crippen molar-refractivity contribution in [3.05, 3.63) is 52.5 Å². The molecule has 1 fully saturated rings. The number of nitrogens with zero attached hydrogens (tertiary/aromatic N) is 5.